The topological polar surface area (TPSA) is 29.3 Å². The summed E-state index contributed by atoms with van der Waals surface area (Å²) in [5.41, 5.74) is 0.109. The number of halogens is 2. The van der Waals surface area contributed by atoms with Crippen LogP contribution in [0.1, 0.15) is 0 Å². The lowest BCUT2D eigenvalue weighted by Crippen LogP contribution is -1.99. The third-order valence-electron chi connectivity index (χ3n) is 1.29. The van der Waals surface area contributed by atoms with E-state index < -0.39 is 5.82 Å². The molecular formula is C7H6BrFNO2+. The van der Waals surface area contributed by atoms with Crippen molar-refractivity contribution in [3.05, 3.63) is 33.4 Å². The fraction of sp³-hybridized carbons (Fsp3) is 0.143. The highest BCUT2D eigenvalue weighted by molar-refractivity contribution is 9.10. The number of hydrogen-bond acceptors (Lipinski definition) is 2. The Morgan fingerprint density at radius 1 is 1.58 bits per heavy atom. The van der Waals surface area contributed by atoms with Crippen molar-refractivity contribution in [1.29, 1.82) is 0 Å². The molecule has 0 aliphatic carbocycles. The minimum atomic E-state index is -0.495. The van der Waals surface area contributed by atoms with Crippen LogP contribution < -0.4 is 0 Å². The van der Waals surface area contributed by atoms with E-state index in [9.17, 15) is 9.30 Å². The summed E-state index contributed by atoms with van der Waals surface area (Å²) in [6.07, 6.45) is 0. The van der Waals surface area contributed by atoms with Crippen molar-refractivity contribution < 1.29 is 14.2 Å². The maximum absolute atomic E-state index is 12.8. The Morgan fingerprint density at radius 3 is 2.83 bits per heavy atom. The van der Waals surface area contributed by atoms with Gasteiger partial charge in [0.2, 0.25) is 0 Å². The van der Waals surface area contributed by atoms with Gasteiger partial charge in [-0.3, -0.25) is 0 Å². The summed E-state index contributed by atoms with van der Waals surface area (Å²) in [5.74, 6) is -0.495. The van der Waals surface area contributed by atoms with Crippen LogP contribution in [0.15, 0.2) is 22.7 Å². The normalized spacial score (nSPS) is 9.58. The minimum Gasteiger partial charge on any atom is -0.230 e. The largest absolute Gasteiger partial charge is 0.333 e. The van der Waals surface area contributed by atoms with Crippen LogP contribution in [-0.2, 0) is 4.84 Å². The van der Waals surface area contributed by atoms with Gasteiger partial charge in [0.15, 0.2) is 7.11 Å². The summed E-state index contributed by atoms with van der Waals surface area (Å²) < 4.78 is 12.9. The lowest BCUT2D eigenvalue weighted by Gasteiger charge is -1.92. The SMILES string of the molecule is CO[N+](=O)c1cccc(F)c1Br. The Kier molecular flexibility index (Phi) is 2.75. The molecule has 0 radical (unpaired) electrons. The van der Waals surface area contributed by atoms with Gasteiger partial charge in [-0.2, -0.15) is 0 Å². The molecular weight excluding hydrogens is 229 g/mol. The lowest BCUT2D eigenvalue weighted by molar-refractivity contribution is -0.737. The molecule has 5 heteroatoms. The molecule has 0 unspecified atom stereocenters. The Morgan fingerprint density at radius 2 is 2.25 bits per heavy atom. The molecule has 0 saturated carbocycles. The van der Waals surface area contributed by atoms with Gasteiger partial charge in [-0.05, 0) is 22.0 Å². The van der Waals surface area contributed by atoms with Crippen LogP contribution in [0.4, 0.5) is 10.1 Å². The van der Waals surface area contributed by atoms with E-state index in [0.717, 1.165) is 0 Å². The zero-order chi connectivity index (χ0) is 9.14. The molecule has 12 heavy (non-hydrogen) atoms. The fourth-order valence-electron chi connectivity index (χ4n) is 0.732. The Labute approximate surface area is 76.8 Å². The molecule has 0 spiro atoms. The molecule has 0 aliphatic rings. The monoisotopic (exact) mass is 234 g/mol. The van der Waals surface area contributed by atoms with Crippen LogP contribution in [0.3, 0.4) is 0 Å². The van der Waals surface area contributed by atoms with Gasteiger partial charge in [0.1, 0.15) is 10.3 Å². The predicted molar refractivity (Wildman–Crippen MR) is 44.4 cm³/mol. The van der Waals surface area contributed by atoms with Crippen molar-refractivity contribution >= 4 is 21.6 Å². The van der Waals surface area contributed by atoms with E-state index in [-0.39, 0.29) is 15.1 Å². The average molecular weight is 235 g/mol. The summed E-state index contributed by atoms with van der Waals surface area (Å²) in [6.45, 7) is 0. The van der Waals surface area contributed by atoms with Crippen molar-refractivity contribution in [2.45, 2.75) is 0 Å². The van der Waals surface area contributed by atoms with Crippen LogP contribution in [0.25, 0.3) is 0 Å². The molecule has 0 fully saturated rings. The van der Waals surface area contributed by atoms with Crippen LogP contribution in [0.2, 0.25) is 0 Å². The van der Waals surface area contributed by atoms with E-state index >= 15 is 0 Å². The zero-order valence-electron chi connectivity index (χ0n) is 6.25. The van der Waals surface area contributed by atoms with E-state index in [2.05, 4.69) is 20.8 Å². The summed E-state index contributed by atoms with van der Waals surface area (Å²) in [5, 5.41) is 0. The number of nitrogens with zero attached hydrogens (tertiary/aromatic N) is 1. The molecule has 1 rings (SSSR count). The molecule has 0 atom stereocenters. The molecule has 0 saturated heterocycles. The molecule has 0 heterocycles. The van der Waals surface area contributed by atoms with Crippen LogP contribution in [0, 0.1) is 10.7 Å². The first-order valence-corrected chi connectivity index (χ1v) is 3.91. The van der Waals surface area contributed by atoms with Crippen molar-refractivity contribution in [3.63, 3.8) is 0 Å². The van der Waals surface area contributed by atoms with E-state index in [1.807, 2.05) is 0 Å². The molecule has 0 amide bonds. The Balaban J connectivity index is 3.16. The van der Waals surface area contributed by atoms with E-state index in [1.165, 1.54) is 25.3 Å². The highest BCUT2D eigenvalue weighted by Crippen LogP contribution is 2.26. The highest BCUT2D eigenvalue weighted by atomic mass is 79.9. The quantitative estimate of drug-likeness (QED) is 0.737. The predicted octanol–water partition coefficient (Wildman–Crippen LogP) is 2.56. The number of benzene rings is 1. The van der Waals surface area contributed by atoms with Crippen molar-refractivity contribution in [3.8, 4) is 0 Å². The molecule has 64 valence electrons. The summed E-state index contributed by atoms with van der Waals surface area (Å²) in [6, 6.07) is 4.13. The van der Waals surface area contributed by atoms with Gasteiger partial charge in [-0.15, -0.1) is 0 Å². The van der Waals surface area contributed by atoms with Gasteiger partial charge in [0.25, 0.3) is 4.92 Å². The Hall–Kier alpha value is -0.970. The first kappa shape index (κ1) is 9.12. The molecule has 0 bridgehead atoms. The lowest BCUT2D eigenvalue weighted by atomic mass is 10.3. The van der Waals surface area contributed by atoms with Crippen LogP contribution >= 0.6 is 15.9 Å². The second-order valence-electron chi connectivity index (χ2n) is 2.01. The van der Waals surface area contributed by atoms with Gasteiger partial charge in [0.05, 0.1) is 4.91 Å². The molecule has 1 aromatic carbocycles. The molecule has 0 N–H and O–H groups in total. The standard InChI is InChI=1S/C7H6BrFNO2/c1-12-10(11)6-4-2-3-5(9)7(6)8/h2-4H,1H3/q+1. The smallest absolute Gasteiger partial charge is 0.230 e. The Bertz CT molecular complexity index is 316. The average Bonchev–Trinajstić information content (AvgIpc) is 2.08. The van der Waals surface area contributed by atoms with E-state index in [0.29, 0.717) is 0 Å². The van der Waals surface area contributed by atoms with Gasteiger partial charge >= 0.3 is 5.69 Å². The third-order valence-corrected chi connectivity index (χ3v) is 2.08. The van der Waals surface area contributed by atoms with Crippen molar-refractivity contribution in [2.75, 3.05) is 7.11 Å². The summed E-state index contributed by atoms with van der Waals surface area (Å²) in [7, 11) is 1.21. The maximum Gasteiger partial charge on any atom is 0.333 e. The third kappa shape index (κ3) is 1.61. The molecule has 0 aromatic heterocycles. The first-order chi connectivity index (χ1) is 5.66. The first-order valence-electron chi connectivity index (χ1n) is 3.12. The second kappa shape index (κ2) is 3.62. The summed E-state index contributed by atoms with van der Waals surface area (Å²) >= 11 is 2.92. The van der Waals surface area contributed by atoms with Crippen LogP contribution in [-0.4, -0.2) is 12.0 Å². The van der Waals surface area contributed by atoms with Gasteiger partial charge in [0, 0.05) is 6.07 Å². The van der Waals surface area contributed by atoms with Gasteiger partial charge in [-0.1, -0.05) is 6.07 Å². The maximum atomic E-state index is 12.8. The van der Waals surface area contributed by atoms with Crippen molar-refractivity contribution in [1.82, 2.24) is 0 Å². The van der Waals surface area contributed by atoms with Gasteiger partial charge < -0.3 is 0 Å². The van der Waals surface area contributed by atoms with E-state index in [1.54, 1.807) is 0 Å². The molecule has 1 aromatic rings. The highest BCUT2D eigenvalue weighted by Gasteiger charge is 2.21. The van der Waals surface area contributed by atoms with Gasteiger partial charge in [-0.25, -0.2) is 9.23 Å². The number of hydrogen-bond donors (Lipinski definition) is 0. The summed E-state index contributed by atoms with van der Waals surface area (Å²) in [4.78, 5) is 15.5. The van der Waals surface area contributed by atoms with E-state index in [4.69, 9.17) is 0 Å². The van der Waals surface area contributed by atoms with Crippen molar-refractivity contribution in [2.24, 2.45) is 0 Å². The second-order valence-corrected chi connectivity index (χ2v) is 2.81. The fourth-order valence-corrected chi connectivity index (χ4v) is 1.14. The minimum absolute atomic E-state index is 0.0989. The zero-order valence-corrected chi connectivity index (χ0v) is 7.84. The molecule has 0 aliphatic heterocycles. The van der Waals surface area contributed by atoms with Crippen LogP contribution in [0.5, 0.6) is 0 Å². The number of rotatable bonds is 2. The molecule has 3 nitrogen and oxygen atoms in total.